The van der Waals surface area contributed by atoms with Gasteiger partial charge in [0.15, 0.2) is 0 Å². The van der Waals surface area contributed by atoms with Crippen LogP contribution in [0.3, 0.4) is 0 Å². The second kappa shape index (κ2) is 12.5. The van der Waals surface area contributed by atoms with Gasteiger partial charge in [-0.1, -0.05) is 30.3 Å². The first-order chi connectivity index (χ1) is 17.5. The highest BCUT2D eigenvalue weighted by atomic mass is 16.5. The number of carbonyl (C=O) groups excluding carboxylic acids is 1. The van der Waals surface area contributed by atoms with E-state index in [9.17, 15) is 9.90 Å². The van der Waals surface area contributed by atoms with Crippen LogP contribution in [-0.4, -0.2) is 89.3 Å². The molecule has 4 rings (SSSR count). The maximum absolute atomic E-state index is 12.6. The molecule has 2 heterocycles. The summed E-state index contributed by atoms with van der Waals surface area (Å²) in [5, 5.41) is 15.8. The van der Waals surface area contributed by atoms with E-state index in [4.69, 9.17) is 14.2 Å². The Labute approximate surface area is 211 Å². The molecule has 1 atom stereocenters. The van der Waals surface area contributed by atoms with E-state index in [0.29, 0.717) is 45.1 Å². The van der Waals surface area contributed by atoms with E-state index < -0.39 is 5.60 Å². The zero-order valence-corrected chi connectivity index (χ0v) is 20.7. The lowest BCUT2D eigenvalue weighted by atomic mass is 10.0. The summed E-state index contributed by atoms with van der Waals surface area (Å²) in [6.07, 6.45) is 3.65. The van der Waals surface area contributed by atoms with Crippen molar-refractivity contribution >= 4 is 5.91 Å². The van der Waals surface area contributed by atoms with E-state index in [1.54, 1.807) is 11.1 Å². The molecule has 0 spiro atoms. The largest absolute Gasteiger partial charge is 0.492 e. The first-order valence-electron chi connectivity index (χ1n) is 12.1. The number of hydrogen-bond donors (Lipinski definition) is 1. The fourth-order valence-corrected chi connectivity index (χ4v) is 4.31. The number of para-hydroxylation sites is 1. The van der Waals surface area contributed by atoms with E-state index >= 15 is 0 Å². The molecule has 0 bridgehead atoms. The van der Waals surface area contributed by atoms with Gasteiger partial charge in [-0.25, -0.2) is 0 Å². The molecule has 1 N–H and O–H groups in total. The summed E-state index contributed by atoms with van der Waals surface area (Å²) < 4.78 is 18.7. The minimum absolute atomic E-state index is 0.0203. The van der Waals surface area contributed by atoms with Crippen molar-refractivity contribution in [3.8, 4) is 11.5 Å². The Kier molecular flexibility index (Phi) is 8.94. The van der Waals surface area contributed by atoms with E-state index in [0.717, 1.165) is 11.3 Å². The predicted octanol–water partition coefficient (Wildman–Crippen LogP) is 2.06. The minimum Gasteiger partial charge on any atom is -0.492 e. The second-order valence-corrected chi connectivity index (χ2v) is 9.05. The Morgan fingerprint density at radius 3 is 2.64 bits per heavy atom. The summed E-state index contributed by atoms with van der Waals surface area (Å²) in [6.45, 7) is 3.50. The van der Waals surface area contributed by atoms with Crippen LogP contribution in [0.25, 0.3) is 0 Å². The lowest BCUT2D eigenvalue weighted by Gasteiger charge is -2.33. The van der Waals surface area contributed by atoms with Crippen LogP contribution in [0.2, 0.25) is 0 Å². The highest BCUT2D eigenvalue weighted by Gasteiger charge is 2.37. The zero-order chi connectivity index (χ0) is 25.2. The van der Waals surface area contributed by atoms with Crippen molar-refractivity contribution in [2.45, 2.75) is 18.7 Å². The number of rotatable bonds is 11. The average molecular weight is 495 g/mol. The molecule has 1 fully saturated rings. The predicted molar refractivity (Wildman–Crippen MR) is 135 cm³/mol. The molecule has 9 nitrogen and oxygen atoms in total. The number of amides is 1. The van der Waals surface area contributed by atoms with E-state index in [-0.39, 0.29) is 25.7 Å². The van der Waals surface area contributed by atoms with Crippen molar-refractivity contribution in [3.63, 3.8) is 0 Å². The Bertz CT molecular complexity index is 1080. The zero-order valence-electron chi connectivity index (χ0n) is 20.7. The van der Waals surface area contributed by atoms with E-state index in [2.05, 4.69) is 10.00 Å². The van der Waals surface area contributed by atoms with Crippen molar-refractivity contribution in [1.29, 1.82) is 0 Å². The van der Waals surface area contributed by atoms with E-state index in [1.165, 1.54) is 7.11 Å². The molecule has 1 aliphatic heterocycles. The highest BCUT2D eigenvalue weighted by molar-refractivity contribution is 5.77. The van der Waals surface area contributed by atoms with Gasteiger partial charge < -0.3 is 24.2 Å². The molecule has 1 amide bonds. The van der Waals surface area contributed by atoms with Gasteiger partial charge in [-0.2, -0.15) is 5.10 Å². The van der Waals surface area contributed by atoms with Crippen molar-refractivity contribution in [2.75, 3.05) is 53.1 Å². The van der Waals surface area contributed by atoms with Crippen LogP contribution in [0.5, 0.6) is 11.5 Å². The average Bonchev–Trinajstić information content (AvgIpc) is 3.34. The number of carbonyl (C=O) groups is 1. The summed E-state index contributed by atoms with van der Waals surface area (Å²) in [5.74, 6) is 1.32. The lowest BCUT2D eigenvalue weighted by Crippen LogP contribution is -2.52. The van der Waals surface area contributed by atoms with Gasteiger partial charge in [-0.05, 0) is 35.9 Å². The molecule has 0 radical (unpaired) electrons. The SMILES string of the molecule is COCC(=O)N1CCN(Cc2cccc(OCCn3cccn3)c2)C[C@@](O)(COc2ccccc2)C1. The van der Waals surface area contributed by atoms with Gasteiger partial charge in [0.25, 0.3) is 0 Å². The quantitative estimate of drug-likeness (QED) is 0.437. The normalized spacial score (nSPS) is 18.6. The van der Waals surface area contributed by atoms with Crippen LogP contribution in [0.15, 0.2) is 73.1 Å². The van der Waals surface area contributed by atoms with Gasteiger partial charge in [0.05, 0.1) is 13.1 Å². The van der Waals surface area contributed by atoms with Crippen molar-refractivity contribution in [3.05, 3.63) is 78.6 Å². The summed E-state index contributed by atoms with van der Waals surface area (Å²) in [7, 11) is 1.50. The van der Waals surface area contributed by atoms with Crippen LogP contribution in [0.4, 0.5) is 0 Å². The Balaban J connectivity index is 1.41. The third kappa shape index (κ3) is 7.55. The number of β-amino-alcohol motifs (C(OH)–C–C–N with tert-alkyl or cyclic N) is 1. The Hall–Kier alpha value is -3.40. The van der Waals surface area contributed by atoms with Crippen LogP contribution in [0, 0.1) is 0 Å². The van der Waals surface area contributed by atoms with Crippen molar-refractivity contribution < 1.29 is 24.1 Å². The molecule has 0 saturated carbocycles. The number of benzene rings is 2. The van der Waals surface area contributed by atoms with Gasteiger partial charge in [-0.3, -0.25) is 14.4 Å². The molecule has 2 aromatic carbocycles. The summed E-state index contributed by atoms with van der Waals surface area (Å²) in [4.78, 5) is 16.4. The topological polar surface area (TPSA) is 89.3 Å². The molecule has 0 aliphatic carbocycles. The molecular weight excluding hydrogens is 460 g/mol. The minimum atomic E-state index is -1.24. The molecular formula is C27H34N4O5. The van der Waals surface area contributed by atoms with Gasteiger partial charge in [0.1, 0.15) is 36.9 Å². The third-order valence-corrected chi connectivity index (χ3v) is 6.01. The monoisotopic (exact) mass is 494 g/mol. The smallest absolute Gasteiger partial charge is 0.248 e. The van der Waals surface area contributed by atoms with Gasteiger partial charge in [-0.15, -0.1) is 0 Å². The number of ether oxygens (including phenoxy) is 3. The van der Waals surface area contributed by atoms with Crippen LogP contribution < -0.4 is 9.47 Å². The molecule has 1 aromatic heterocycles. The molecule has 192 valence electrons. The molecule has 1 saturated heterocycles. The standard InChI is InChI=1S/C27H34N4O5/c1-34-19-26(32)30-14-13-29(20-27(33,21-30)22-36-24-8-3-2-4-9-24)18-23-7-5-10-25(17-23)35-16-15-31-12-6-11-28-31/h2-12,17,33H,13-16,18-22H2,1H3/t27-/m0/s1. The second-order valence-electron chi connectivity index (χ2n) is 9.05. The van der Waals surface area contributed by atoms with Gasteiger partial charge in [0, 0.05) is 45.7 Å². The highest BCUT2D eigenvalue weighted by Crippen LogP contribution is 2.21. The summed E-state index contributed by atoms with van der Waals surface area (Å²) in [5.41, 5.74) is -0.178. The maximum atomic E-state index is 12.6. The fourth-order valence-electron chi connectivity index (χ4n) is 4.31. The number of hydrogen-bond acceptors (Lipinski definition) is 7. The van der Waals surface area contributed by atoms with Gasteiger partial charge in [0.2, 0.25) is 5.91 Å². The Morgan fingerprint density at radius 2 is 1.86 bits per heavy atom. The first-order valence-corrected chi connectivity index (χ1v) is 12.1. The fraction of sp³-hybridized carbons (Fsp3) is 0.407. The summed E-state index contributed by atoms with van der Waals surface area (Å²) in [6, 6.07) is 19.2. The molecule has 3 aromatic rings. The van der Waals surface area contributed by atoms with Crippen LogP contribution in [0.1, 0.15) is 5.56 Å². The van der Waals surface area contributed by atoms with Crippen LogP contribution >= 0.6 is 0 Å². The Morgan fingerprint density at radius 1 is 1.03 bits per heavy atom. The number of aliphatic hydroxyl groups is 1. The molecule has 1 aliphatic rings. The number of aromatic nitrogens is 2. The lowest BCUT2D eigenvalue weighted by molar-refractivity contribution is -0.138. The van der Waals surface area contributed by atoms with Gasteiger partial charge >= 0.3 is 0 Å². The maximum Gasteiger partial charge on any atom is 0.248 e. The van der Waals surface area contributed by atoms with Crippen LogP contribution in [-0.2, 0) is 22.6 Å². The number of methoxy groups -OCH3 is 1. The van der Waals surface area contributed by atoms with E-state index in [1.807, 2.05) is 71.5 Å². The molecule has 0 unspecified atom stereocenters. The molecule has 36 heavy (non-hydrogen) atoms. The summed E-state index contributed by atoms with van der Waals surface area (Å²) >= 11 is 0. The molecule has 9 heteroatoms. The number of nitrogens with zero attached hydrogens (tertiary/aromatic N) is 4. The van der Waals surface area contributed by atoms with Crippen molar-refractivity contribution in [2.24, 2.45) is 0 Å². The third-order valence-electron chi connectivity index (χ3n) is 6.01. The van der Waals surface area contributed by atoms with Crippen molar-refractivity contribution in [1.82, 2.24) is 19.6 Å². The first kappa shape index (κ1) is 25.7.